The number of carbonyl (C=O) groups is 3. The molecule has 0 fully saturated rings. The van der Waals surface area contributed by atoms with E-state index in [1.165, 1.54) is 38.3 Å². The Balaban J connectivity index is 2.17. The van der Waals surface area contributed by atoms with Crippen molar-refractivity contribution in [2.24, 2.45) is 0 Å². The van der Waals surface area contributed by atoms with Crippen molar-refractivity contribution in [2.75, 3.05) is 17.7 Å². The van der Waals surface area contributed by atoms with Gasteiger partial charge in [0, 0.05) is 18.2 Å². The van der Waals surface area contributed by atoms with Gasteiger partial charge in [0.2, 0.25) is 5.91 Å². The molecule has 0 saturated heterocycles. The van der Waals surface area contributed by atoms with Gasteiger partial charge in [0.05, 0.1) is 23.4 Å². The van der Waals surface area contributed by atoms with Crippen LogP contribution in [0.2, 0.25) is 5.02 Å². The number of nitrogens with one attached hydrogen (secondary N) is 2. The predicted molar refractivity (Wildman–Crippen MR) is 91.5 cm³/mol. The molecule has 6 nitrogen and oxygen atoms in total. The molecule has 0 spiro atoms. The zero-order valence-corrected chi connectivity index (χ0v) is 13.8. The molecule has 0 unspecified atom stereocenters. The molecule has 0 radical (unpaired) electrons. The average molecular weight is 347 g/mol. The summed E-state index contributed by atoms with van der Waals surface area (Å²) in [5.41, 5.74) is 1.58. The molecule has 2 aromatic carbocycles. The van der Waals surface area contributed by atoms with Gasteiger partial charge in [0.1, 0.15) is 0 Å². The van der Waals surface area contributed by atoms with Gasteiger partial charge in [-0.05, 0) is 42.5 Å². The Morgan fingerprint density at radius 3 is 2.17 bits per heavy atom. The molecule has 2 rings (SSSR count). The largest absolute Gasteiger partial charge is 0.465 e. The molecular weight excluding hydrogens is 332 g/mol. The van der Waals surface area contributed by atoms with E-state index < -0.39 is 11.9 Å². The number of esters is 1. The lowest BCUT2D eigenvalue weighted by molar-refractivity contribution is -0.114. The average Bonchev–Trinajstić information content (AvgIpc) is 2.56. The topological polar surface area (TPSA) is 84.5 Å². The number of ether oxygens (including phenoxy) is 1. The zero-order chi connectivity index (χ0) is 17.7. The molecule has 0 saturated carbocycles. The van der Waals surface area contributed by atoms with Crippen LogP contribution in [0.1, 0.15) is 27.6 Å². The van der Waals surface area contributed by atoms with Gasteiger partial charge in [0.25, 0.3) is 5.91 Å². The molecule has 2 aromatic rings. The number of anilines is 2. The van der Waals surface area contributed by atoms with E-state index in [0.29, 0.717) is 27.5 Å². The van der Waals surface area contributed by atoms with Gasteiger partial charge >= 0.3 is 5.97 Å². The van der Waals surface area contributed by atoms with E-state index in [0.717, 1.165) is 0 Å². The quantitative estimate of drug-likeness (QED) is 0.831. The molecule has 0 heterocycles. The third-order valence-corrected chi connectivity index (χ3v) is 3.43. The first kappa shape index (κ1) is 17.5. The van der Waals surface area contributed by atoms with E-state index in [9.17, 15) is 14.4 Å². The first-order chi connectivity index (χ1) is 11.4. The third-order valence-electron chi connectivity index (χ3n) is 3.10. The first-order valence-corrected chi connectivity index (χ1v) is 7.35. The molecule has 2 amide bonds. The van der Waals surface area contributed by atoms with E-state index >= 15 is 0 Å². The minimum atomic E-state index is -0.479. The van der Waals surface area contributed by atoms with Gasteiger partial charge in [-0.25, -0.2) is 4.79 Å². The van der Waals surface area contributed by atoms with Crippen molar-refractivity contribution in [3.05, 3.63) is 58.6 Å². The summed E-state index contributed by atoms with van der Waals surface area (Å²) in [7, 11) is 1.28. The molecule has 2 N–H and O–H groups in total. The van der Waals surface area contributed by atoms with Crippen LogP contribution in [0.3, 0.4) is 0 Å². The second-order valence-corrected chi connectivity index (χ2v) is 5.31. The number of methoxy groups -OCH3 is 1. The Hall–Kier alpha value is -2.86. The highest BCUT2D eigenvalue weighted by molar-refractivity contribution is 6.34. The standard InChI is InChI=1S/C17H15ClN2O4/c1-10(21)19-13-7-8-14(18)15(9-13)20-16(22)11-3-5-12(6-4-11)17(23)24-2/h3-9H,1-2H3,(H,19,21)(H,20,22). The molecule has 0 aliphatic heterocycles. The third kappa shape index (κ3) is 4.33. The summed E-state index contributed by atoms with van der Waals surface area (Å²) in [5, 5.41) is 5.61. The highest BCUT2D eigenvalue weighted by Gasteiger charge is 2.11. The van der Waals surface area contributed by atoms with Gasteiger partial charge in [-0.3, -0.25) is 9.59 Å². The van der Waals surface area contributed by atoms with Crippen molar-refractivity contribution in [3.8, 4) is 0 Å². The Labute approximate surface area is 143 Å². The van der Waals surface area contributed by atoms with Crippen LogP contribution in [-0.2, 0) is 9.53 Å². The van der Waals surface area contributed by atoms with Crippen molar-refractivity contribution in [3.63, 3.8) is 0 Å². The van der Waals surface area contributed by atoms with Gasteiger partial charge in [-0.15, -0.1) is 0 Å². The maximum absolute atomic E-state index is 12.3. The lowest BCUT2D eigenvalue weighted by Gasteiger charge is -2.10. The number of hydrogen-bond donors (Lipinski definition) is 2. The number of carbonyl (C=O) groups excluding carboxylic acids is 3. The Kier molecular flexibility index (Phi) is 5.55. The molecule has 24 heavy (non-hydrogen) atoms. The van der Waals surface area contributed by atoms with Crippen LogP contribution in [0.4, 0.5) is 11.4 Å². The van der Waals surface area contributed by atoms with Crippen molar-refractivity contribution >= 4 is 40.8 Å². The molecule has 0 aromatic heterocycles. The molecule has 0 aliphatic carbocycles. The fourth-order valence-corrected chi connectivity index (χ4v) is 2.14. The number of hydrogen-bond acceptors (Lipinski definition) is 4. The minimum Gasteiger partial charge on any atom is -0.465 e. The molecule has 0 bridgehead atoms. The molecule has 124 valence electrons. The smallest absolute Gasteiger partial charge is 0.337 e. The van der Waals surface area contributed by atoms with Gasteiger partial charge in [0.15, 0.2) is 0 Å². The van der Waals surface area contributed by atoms with E-state index in [-0.39, 0.29) is 5.91 Å². The lowest BCUT2D eigenvalue weighted by atomic mass is 10.1. The monoisotopic (exact) mass is 346 g/mol. The summed E-state index contributed by atoms with van der Waals surface area (Å²) >= 11 is 6.06. The summed E-state index contributed by atoms with van der Waals surface area (Å²) in [6, 6.07) is 10.8. The molecule has 7 heteroatoms. The SMILES string of the molecule is COC(=O)c1ccc(C(=O)Nc2cc(NC(C)=O)ccc2Cl)cc1. The fourth-order valence-electron chi connectivity index (χ4n) is 1.97. The molecule has 0 atom stereocenters. The maximum Gasteiger partial charge on any atom is 0.337 e. The van der Waals surface area contributed by atoms with Gasteiger partial charge in [-0.1, -0.05) is 11.6 Å². The van der Waals surface area contributed by atoms with Crippen LogP contribution < -0.4 is 10.6 Å². The van der Waals surface area contributed by atoms with Crippen molar-refractivity contribution < 1.29 is 19.1 Å². The highest BCUT2D eigenvalue weighted by Crippen LogP contribution is 2.26. The van der Waals surface area contributed by atoms with Crippen LogP contribution in [0.25, 0.3) is 0 Å². The predicted octanol–water partition coefficient (Wildman–Crippen LogP) is 3.34. The fraction of sp³-hybridized carbons (Fsp3) is 0.118. The second-order valence-electron chi connectivity index (χ2n) is 4.90. The summed E-state index contributed by atoms with van der Waals surface area (Å²) in [5.74, 6) is -1.10. The summed E-state index contributed by atoms with van der Waals surface area (Å²) in [6.45, 7) is 1.38. The van der Waals surface area contributed by atoms with Crippen LogP contribution in [-0.4, -0.2) is 24.9 Å². The number of amides is 2. The van der Waals surface area contributed by atoms with Crippen molar-refractivity contribution in [2.45, 2.75) is 6.92 Å². The van der Waals surface area contributed by atoms with Crippen molar-refractivity contribution in [1.29, 1.82) is 0 Å². The van der Waals surface area contributed by atoms with Crippen LogP contribution in [0.5, 0.6) is 0 Å². The Morgan fingerprint density at radius 2 is 1.58 bits per heavy atom. The van der Waals surface area contributed by atoms with Gasteiger partial charge in [-0.2, -0.15) is 0 Å². The number of rotatable bonds is 4. The van der Waals surface area contributed by atoms with Crippen LogP contribution in [0.15, 0.2) is 42.5 Å². The maximum atomic E-state index is 12.3. The van der Waals surface area contributed by atoms with E-state index in [2.05, 4.69) is 15.4 Å². The number of halogens is 1. The Morgan fingerprint density at radius 1 is 0.958 bits per heavy atom. The van der Waals surface area contributed by atoms with E-state index in [1.54, 1.807) is 18.2 Å². The lowest BCUT2D eigenvalue weighted by Crippen LogP contribution is -2.13. The van der Waals surface area contributed by atoms with Crippen LogP contribution >= 0.6 is 11.6 Å². The first-order valence-electron chi connectivity index (χ1n) is 6.97. The van der Waals surface area contributed by atoms with E-state index in [4.69, 9.17) is 11.6 Å². The molecular formula is C17H15ClN2O4. The number of benzene rings is 2. The minimum absolute atomic E-state index is 0.229. The second kappa shape index (κ2) is 7.61. The molecule has 0 aliphatic rings. The normalized spacial score (nSPS) is 9.96. The summed E-state index contributed by atoms with van der Waals surface area (Å²) in [4.78, 5) is 34.8. The van der Waals surface area contributed by atoms with Crippen molar-refractivity contribution in [1.82, 2.24) is 0 Å². The summed E-state index contributed by atoms with van der Waals surface area (Å²) in [6.07, 6.45) is 0. The highest BCUT2D eigenvalue weighted by atomic mass is 35.5. The summed E-state index contributed by atoms with van der Waals surface area (Å²) < 4.78 is 4.60. The Bertz CT molecular complexity index is 788. The van der Waals surface area contributed by atoms with Gasteiger partial charge < -0.3 is 15.4 Å². The van der Waals surface area contributed by atoms with Crippen LogP contribution in [0, 0.1) is 0 Å². The van der Waals surface area contributed by atoms with E-state index in [1.807, 2.05) is 0 Å². The zero-order valence-electron chi connectivity index (χ0n) is 13.1.